The van der Waals surface area contributed by atoms with Crippen LogP contribution < -0.4 is 10.1 Å². The van der Waals surface area contributed by atoms with Gasteiger partial charge in [0.1, 0.15) is 22.8 Å². The molecule has 0 bridgehead atoms. The van der Waals surface area contributed by atoms with Gasteiger partial charge in [-0.15, -0.1) is 0 Å². The lowest BCUT2D eigenvalue weighted by atomic mass is 10.1. The smallest absolute Gasteiger partial charge is 0.422 e. The number of hydrogen-bond donors (Lipinski definition) is 1. The quantitative estimate of drug-likeness (QED) is 0.603. The summed E-state index contributed by atoms with van der Waals surface area (Å²) in [5, 5.41) is 6.92. The number of rotatable bonds is 5. The zero-order chi connectivity index (χ0) is 20.3. The summed E-state index contributed by atoms with van der Waals surface area (Å²) in [6, 6.07) is 12.5. The molecule has 0 saturated heterocycles. The normalized spacial score (nSPS) is 11.3. The number of anilines is 1. The number of alkyl halides is 3. The molecule has 0 unspecified atom stereocenters. The Bertz CT molecular complexity index is 1000. The fraction of sp³-hybridized carbons (Fsp3) is 0.158. The van der Waals surface area contributed by atoms with E-state index in [0.717, 1.165) is 0 Å². The summed E-state index contributed by atoms with van der Waals surface area (Å²) in [5.74, 6) is -0.290. The number of carbonyl (C=O) groups is 1. The first-order valence-electron chi connectivity index (χ1n) is 8.07. The van der Waals surface area contributed by atoms with Crippen molar-refractivity contribution >= 4 is 23.2 Å². The van der Waals surface area contributed by atoms with E-state index in [0.29, 0.717) is 10.6 Å². The first-order valence-corrected chi connectivity index (χ1v) is 8.44. The van der Waals surface area contributed by atoms with Crippen LogP contribution in [0.2, 0.25) is 5.02 Å². The lowest BCUT2D eigenvalue weighted by Gasteiger charge is -2.11. The van der Waals surface area contributed by atoms with Crippen molar-refractivity contribution in [3.63, 3.8) is 0 Å². The molecule has 0 spiro atoms. The van der Waals surface area contributed by atoms with Crippen LogP contribution in [-0.2, 0) is 0 Å². The Hall–Kier alpha value is -3.00. The predicted molar refractivity (Wildman–Crippen MR) is 97.6 cm³/mol. The van der Waals surface area contributed by atoms with Gasteiger partial charge in [-0.1, -0.05) is 41.0 Å². The molecule has 28 heavy (non-hydrogen) atoms. The molecule has 1 aromatic heterocycles. The van der Waals surface area contributed by atoms with Gasteiger partial charge in [0.05, 0.1) is 5.02 Å². The Morgan fingerprint density at radius 1 is 1.21 bits per heavy atom. The highest BCUT2D eigenvalue weighted by atomic mass is 35.5. The number of nitrogens with zero attached hydrogens (tertiary/aromatic N) is 1. The summed E-state index contributed by atoms with van der Waals surface area (Å²) in [4.78, 5) is 12.8. The summed E-state index contributed by atoms with van der Waals surface area (Å²) in [6.45, 7) is 0.150. The molecule has 0 saturated carbocycles. The number of aromatic nitrogens is 1. The van der Waals surface area contributed by atoms with E-state index in [4.69, 9.17) is 20.9 Å². The van der Waals surface area contributed by atoms with Crippen molar-refractivity contribution in [3.05, 3.63) is 64.9 Å². The van der Waals surface area contributed by atoms with Crippen LogP contribution in [0, 0.1) is 6.92 Å². The fourth-order valence-electron chi connectivity index (χ4n) is 2.50. The molecule has 0 radical (unpaired) electrons. The Balaban J connectivity index is 1.83. The van der Waals surface area contributed by atoms with Crippen LogP contribution in [-0.4, -0.2) is 23.8 Å². The van der Waals surface area contributed by atoms with Gasteiger partial charge >= 0.3 is 6.18 Å². The van der Waals surface area contributed by atoms with Crippen molar-refractivity contribution in [2.75, 3.05) is 11.9 Å². The molecule has 5 nitrogen and oxygen atoms in total. The molecule has 3 aromatic rings. The highest BCUT2D eigenvalue weighted by Gasteiger charge is 2.28. The highest BCUT2D eigenvalue weighted by molar-refractivity contribution is 6.33. The van der Waals surface area contributed by atoms with Crippen LogP contribution in [0.4, 0.5) is 18.9 Å². The Kier molecular flexibility index (Phi) is 5.60. The number of aryl methyl sites for hydroxylation is 1. The zero-order valence-electron chi connectivity index (χ0n) is 14.5. The van der Waals surface area contributed by atoms with Gasteiger partial charge in [0, 0.05) is 17.3 Å². The summed E-state index contributed by atoms with van der Waals surface area (Å²) in [7, 11) is 0. The van der Waals surface area contributed by atoms with Crippen LogP contribution in [0.25, 0.3) is 11.3 Å². The first-order chi connectivity index (χ1) is 13.2. The molecule has 2 aromatic carbocycles. The second-order valence-electron chi connectivity index (χ2n) is 5.83. The summed E-state index contributed by atoms with van der Waals surface area (Å²) in [6.07, 6.45) is -4.46. The third kappa shape index (κ3) is 4.64. The third-order valence-electron chi connectivity index (χ3n) is 3.71. The summed E-state index contributed by atoms with van der Waals surface area (Å²) < 4.78 is 46.7. The van der Waals surface area contributed by atoms with E-state index in [1.807, 2.05) is 0 Å². The average molecular weight is 411 g/mol. The van der Waals surface area contributed by atoms with Crippen molar-refractivity contribution in [2.24, 2.45) is 0 Å². The largest absolute Gasteiger partial charge is 0.484 e. The Morgan fingerprint density at radius 2 is 1.96 bits per heavy atom. The van der Waals surface area contributed by atoms with E-state index in [-0.39, 0.29) is 28.5 Å². The molecule has 0 fully saturated rings. The predicted octanol–water partition coefficient (Wildman–Crippen LogP) is 5.50. The van der Waals surface area contributed by atoms with Crippen molar-refractivity contribution in [3.8, 4) is 17.0 Å². The van der Waals surface area contributed by atoms with Crippen LogP contribution in [0.5, 0.6) is 5.75 Å². The minimum atomic E-state index is -4.46. The van der Waals surface area contributed by atoms with Gasteiger partial charge in [-0.3, -0.25) is 4.79 Å². The van der Waals surface area contributed by atoms with Crippen molar-refractivity contribution in [1.82, 2.24) is 5.16 Å². The Morgan fingerprint density at radius 3 is 2.68 bits per heavy atom. The van der Waals surface area contributed by atoms with E-state index in [9.17, 15) is 18.0 Å². The number of hydrogen-bond acceptors (Lipinski definition) is 4. The average Bonchev–Trinajstić information content (AvgIpc) is 3.01. The van der Waals surface area contributed by atoms with Gasteiger partial charge in [0.25, 0.3) is 5.91 Å². The number of halogens is 4. The van der Waals surface area contributed by atoms with Gasteiger partial charge < -0.3 is 14.6 Å². The molecule has 9 heteroatoms. The van der Waals surface area contributed by atoms with Crippen molar-refractivity contribution < 1.29 is 27.2 Å². The second kappa shape index (κ2) is 7.93. The number of amides is 1. The molecule has 0 atom stereocenters. The lowest BCUT2D eigenvalue weighted by Crippen LogP contribution is -2.19. The zero-order valence-corrected chi connectivity index (χ0v) is 15.3. The van der Waals surface area contributed by atoms with Crippen LogP contribution in [0.1, 0.15) is 16.1 Å². The second-order valence-corrected chi connectivity index (χ2v) is 6.24. The molecule has 3 rings (SSSR count). The van der Waals surface area contributed by atoms with Gasteiger partial charge in [-0.05, 0) is 25.1 Å². The van der Waals surface area contributed by atoms with Crippen molar-refractivity contribution in [1.29, 1.82) is 0 Å². The first kappa shape index (κ1) is 19.8. The maximum Gasteiger partial charge on any atom is 0.422 e. The number of nitrogens with one attached hydrogen (secondary N) is 1. The lowest BCUT2D eigenvalue weighted by molar-refractivity contribution is -0.153. The Labute approximate surface area is 163 Å². The fourth-order valence-corrected chi connectivity index (χ4v) is 2.72. The van der Waals surface area contributed by atoms with Gasteiger partial charge in [-0.25, -0.2) is 0 Å². The maximum absolute atomic E-state index is 12.8. The molecule has 146 valence electrons. The van der Waals surface area contributed by atoms with Crippen LogP contribution in [0.15, 0.2) is 53.1 Å². The van der Waals surface area contributed by atoms with Crippen LogP contribution >= 0.6 is 11.6 Å². The highest BCUT2D eigenvalue weighted by Crippen LogP contribution is 2.31. The van der Waals surface area contributed by atoms with Crippen molar-refractivity contribution in [2.45, 2.75) is 13.1 Å². The molecule has 1 N–H and O–H groups in total. The van der Waals surface area contributed by atoms with Crippen LogP contribution in [0.3, 0.4) is 0 Å². The maximum atomic E-state index is 12.8. The third-order valence-corrected chi connectivity index (χ3v) is 4.04. The molecule has 0 aliphatic rings. The molecule has 1 heterocycles. The SMILES string of the molecule is Cc1onc(-c2ccccc2Cl)c1C(=O)Nc1cccc(OCC(F)(F)F)c1. The molecule has 0 aliphatic heterocycles. The summed E-state index contributed by atoms with van der Waals surface area (Å²) >= 11 is 6.18. The molecule has 1 amide bonds. The minimum absolute atomic E-state index is 0.0245. The van der Waals surface area contributed by atoms with E-state index < -0.39 is 18.7 Å². The van der Waals surface area contributed by atoms with Gasteiger partial charge in [0.15, 0.2) is 6.61 Å². The molecule has 0 aliphatic carbocycles. The molecular weight excluding hydrogens is 397 g/mol. The van der Waals surface area contributed by atoms with E-state index >= 15 is 0 Å². The molecular formula is C19H14ClF3N2O3. The number of ether oxygens (including phenoxy) is 1. The van der Waals surface area contributed by atoms with Gasteiger partial charge in [-0.2, -0.15) is 13.2 Å². The van der Waals surface area contributed by atoms with E-state index in [2.05, 4.69) is 10.5 Å². The van der Waals surface area contributed by atoms with E-state index in [1.54, 1.807) is 31.2 Å². The summed E-state index contributed by atoms with van der Waals surface area (Å²) in [5.41, 5.74) is 1.23. The topological polar surface area (TPSA) is 64.4 Å². The number of carbonyl (C=O) groups excluding carboxylic acids is 1. The van der Waals surface area contributed by atoms with E-state index in [1.165, 1.54) is 24.3 Å². The van der Waals surface area contributed by atoms with Gasteiger partial charge in [0.2, 0.25) is 0 Å². The standard InChI is InChI=1S/C19H14ClF3N2O3/c1-11-16(17(25-28-11)14-7-2-3-8-15(14)20)18(26)24-12-5-4-6-13(9-12)27-10-19(21,22)23/h2-9H,10H2,1H3,(H,24,26). The minimum Gasteiger partial charge on any atom is -0.484 e. The monoisotopic (exact) mass is 410 g/mol. The number of benzene rings is 2.